The van der Waals surface area contributed by atoms with Crippen molar-refractivity contribution in [1.29, 1.82) is 0 Å². The standard InChI is InChI=1S/C23H27N3O5/c1-4-30-19-11-10-16(14-20(19)31-5-2)12-13-24-21(27)15-26-18-9-7-6-8-17(18)25(3)22(28)23(26)29/h6-11,14H,4-5,12-13,15H2,1-3H3,(H,24,27). The van der Waals surface area contributed by atoms with Gasteiger partial charge < -0.3 is 19.4 Å². The lowest BCUT2D eigenvalue weighted by Gasteiger charge is -2.14. The molecule has 0 aliphatic carbocycles. The third-order valence-corrected chi connectivity index (χ3v) is 4.91. The minimum absolute atomic E-state index is 0.219. The Hall–Kier alpha value is -3.55. The maximum absolute atomic E-state index is 12.5. The van der Waals surface area contributed by atoms with Crippen molar-refractivity contribution in [3.63, 3.8) is 0 Å². The summed E-state index contributed by atoms with van der Waals surface area (Å²) >= 11 is 0. The predicted octanol–water partition coefficient (Wildman–Crippen LogP) is 1.86. The first kappa shape index (κ1) is 22.1. The molecule has 0 atom stereocenters. The number of amides is 1. The van der Waals surface area contributed by atoms with E-state index in [1.807, 2.05) is 32.0 Å². The average Bonchev–Trinajstić information content (AvgIpc) is 2.77. The van der Waals surface area contributed by atoms with Gasteiger partial charge in [0.05, 0.1) is 24.2 Å². The van der Waals surface area contributed by atoms with Gasteiger partial charge in [0.25, 0.3) is 0 Å². The van der Waals surface area contributed by atoms with E-state index in [1.165, 1.54) is 9.13 Å². The minimum atomic E-state index is -0.718. The third-order valence-electron chi connectivity index (χ3n) is 4.91. The first-order valence-electron chi connectivity index (χ1n) is 10.3. The quantitative estimate of drug-likeness (QED) is 0.529. The Kier molecular flexibility index (Phi) is 7.12. The van der Waals surface area contributed by atoms with Crippen molar-refractivity contribution in [1.82, 2.24) is 14.5 Å². The third kappa shape index (κ3) is 4.96. The van der Waals surface area contributed by atoms with E-state index in [0.29, 0.717) is 48.7 Å². The number of benzene rings is 2. The zero-order valence-corrected chi connectivity index (χ0v) is 18.0. The number of hydrogen-bond acceptors (Lipinski definition) is 5. The molecule has 164 valence electrons. The number of carbonyl (C=O) groups is 1. The van der Waals surface area contributed by atoms with Crippen LogP contribution in [-0.2, 0) is 24.8 Å². The lowest BCUT2D eigenvalue weighted by molar-refractivity contribution is -0.121. The second-order valence-electron chi connectivity index (χ2n) is 6.99. The number of fused-ring (bicyclic) bond motifs is 1. The summed E-state index contributed by atoms with van der Waals surface area (Å²) in [6, 6.07) is 12.7. The van der Waals surface area contributed by atoms with E-state index in [1.54, 1.807) is 31.3 Å². The molecule has 8 heteroatoms. The molecule has 0 saturated heterocycles. The zero-order valence-electron chi connectivity index (χ0n) is 18.0. The van der Waals surface area contributed by atoms with E-state index in [4.69, 9.17) is 9.47 Å². The molecule has 0 fully saturated rings. The first-order chi connectivity index (χ1) is 15.0. The van der Waals surface area contributed by atoms with Crippen LogP contribution in [0.4, 0.5) is 0 Å². The molecular weight excluding hydrogens is 398 g/mol. The van der Waals surface area contributed by atoms with Crippen molar-refractivity contribution in [2.24, 2.45) is 7.05 Å². The van der Waals surface area contributed by atoms with Gasteiger partial charge in [-0.3, -0.25) is 19.0 Å². The van der Waals surface area contributed by atoms with Crippen molar-refractivity contribution in [2.75, 3.05) is 19.8 Å². The van der Waals surface area contributed by atoms with E-state index < -0.39 is 11.1 Å². The molecule has 0 bridgehead atoms. The lowest BCUT2D eigenvalue weighted by atomic mass is 10.1. The second-order valence-corrected chi connectivity index (χ2v) is 6.99. The molecule has 2 aromatic carbocycles. The number of nitrogens with one attached hydrogen (secondary N) is 1. The smallest absolute Gasteiger partial charge is 0.317 e. The molecule has 0 aliphatic rings. The van der Waals surface area contributed by atoms with Gasteiger partial charge in [0.2, 0.25) is 5.91 Å². The van der Waals surface area contributed by atoms with Gasteiger partial charge in [-0.05, 0) is 50.1 Å². The minimum Gasteiger partial charge on any atom is -0.490 e. The molecule has 0 unspecified atom stereocenters. The van der Waals surface area contributed by atoms with Gasteiger partial charge in [0.15, 0.2) is 11.5 Å². The average molecular weight is 425 g/mol. The zero-order chi connectivity index (χ0) is 22.4. The Labute approximate surface area is 180 Å². The fourth-order valence-electron chi connectivity index (χ4n) is 3.41. The maximum Gasteiger partial charge on any atom is 0.317 e. The highest BCUT2D eigenvalue weighted by Gasteiger charge is 2.13. The summed E-state index contributed by atoms with van der Waals surface area (Å²) in [4.78, 5) is 37.1. The summed E-state index contributed by atoms with van der Waals surface area (Å²) in [5.74, 6) is 1.02. The van der Waals surface area contributed by atoms with Crippen LogP contribution in [0.15, 0.2) is 52.1 Å². The van der Waals surface area contributed by atoms with Gasteiger partial charge in [0, 0.05) is 13.6 Å². The van der Waals surface area contributed by atoms with Gasteiger partial charge in [-0.1, -0.05) is 18.2 Å². The van der Waals surface area contributed by atoms with Crippen molar-refractivity contribution < 1.29 is 14.3 Å². The molecule has 3 aromatic rings. The van der Waals surface area contributed by atoms with Crippen LogP contribution < -0.4 is 25.9 Å². The molecule has 0 radical (unpaired) electrons. The number of para-hydroxylation sites is 2. The van der Waals surface area contributed by atoms with Crippen molar-refractivity contribution >= 4 is 16.9 Å². The molecular formula is C23H27N3O5. The van der Waals surface area contributed by atoms with E-state index in [2.05, 4.69) is 5.32 Å². The summed E-state index contributed by atoms with van der Waals surface area (Å²) in [7, 11) is 1.55. The summed E-state index contributed by atoms with van der Waals surface area (Å²) < 4.78 is 13.7. The Morgan fingerprint density at radius 3 is 2.32 bits per heavy atom. The molecule has 31 heavy (non-hydrogen) atoms. The van der Waals surface area contributed by atoms with Crippen molar-refractivity contribution in [3.8, 4) is 11.5 Å². The highest BCUT2D eigenvalue weighted by atomic mass is 16.5. The molecule has 0 spiro atoms. The Bertz CT molecular complexity index is 1200. The molecule has 3 rings (SSSR count). The maximum atomic E-state index is 12.5. The Morgan fingerprint density at radius 2 is 1.61 bits per heavy atom. The van der Waals surface area contributed by atoms with Crippen LogP contribution in [0.25, 0.3) is 11.0 Å². The largest absolute Gasteiger partial charge is 0.490 e. The number of carbonyl (C=O) groups excluding carboxylic acids is 1. The Morgan fingerprint density at radius 1 is 0.935 bits per heavy atom. The summed E-state index contributed by atoms with van der Waals surface area (Å²) in [5, 5.41) is 2.82. The van der Waals surface area contributed by atoms with Crippen LogP contribution in [0.2, 0.25) is 0 Å². The highest BCUT2D eigenvalue weighted by Crippen LogP contribution is 2.28. The SMILES string of the molecule is CCOc1ccc(CCNC(=O)Cn2c(=O)c(=O)n(C)c3ccccc32)cc1OCC. The number of aromatic nitrogens is 2. The molecule has 1 aromatic heterocycles. The normalized spacial score (nSPS) is 10.8. The van der Waals surface area contributed by atoms with Crippen molar-refractivity contribution in [3.05, 3.63) is 68.7 Å². The van der Waals surface area contributed by atoms with E-state index in [0.717, 1.165) is 5.56 Å². The molecule has 1 amide bonds. The van der Waals surface area contributed by atoms with E-state index in [-0.39, 0.29) is 12.5 Å². The number of ether oxygens (including phenoxy) is 2. The first-order valence-corrected chi connectivity index (χ1v) is 10.3. The molecule has 0 aliphatic heterocycles. The van der Waals surface area contributed by atoms with Gasteiger partial charge in [-0.15, -0.1) is 0 Å². The van der Waals surface area contributed by atoms with Gasteiger partial charge in [-0.2, -0.15) is 0 Å². The van der Waals surface area contributed by atoms with Crippen LogP contribution in [0, 0.1) is 0 Å². The van der Waals surface area contributed by atoms with Crippen LogP contribution >= 0.6 is 0 Å². The van der Waals surface area contributed by atoms with Crippen LogP contribution in [0.1, 0.15) is 19.4 Å². The number of aryl methyl sites for hydroxylation is 1. The van der Waals surface area contributed by atoms with Gasteiger partial charge >= 0.3 is 11.1 Å². The topological polar surface area (TPSA) is 91.6 Å². The van der Waals surface area contributed by atoms with Gasteiger partial charge in [0.1, 0.15) is 6.54 Å². The summed E-state index contributed by atoms with van der Waals surface area (Å²) in [6.45, 7) is 5.06. The van der Waals surface area contributed by atoms with E-state index in [9.17, 15) is 14.4 Å². The second kappa shape index (κ2) is 9.97. The molecule has 1 heterocycles. The summed E-state index contributed by atoms with van der Waals surface area (Å²) in [5.41, 5.74) is 0.743. The number of hydrogen-bond donors (Lipinski definition) is 1. The lowest BCUT2D eigenvalue weighted by Crippen LogP contribution is -2.43. The summed E-state index contributed by atoms with van der Waals surface area (Å²) in [6.07, 6.45) is 0.588. The van der Waals surface area contributed by atoms with Crippen LogP contribution in [0.5, 0.6) is 11.5 Å². The number of rotatable bonds is 9. The molecule has 8 nitrogen and oxygen atoms in total. The fraction of sp³-hybridized carbons (Fsp3) is 0.348. The van der Waals surface area contributed by atoms with Crippen molar-refractivity contribution in [2.45, 2.75) is 26.8 Å². The highest BCUT2D eigenvalue weighted by molar-refractivity contribution is 5.80. The van der Waals surface area contributed by atoms with Gasteiger partial charge in [-0.25, -0.2) is 0 Å². The van der Waals surface area contributed by atoms with E-state index >= 15 is 0 Å². The fourth-order valence-corrected chi connectivity index (χ4v) is 3.41. The number of nitrogens with zero attached hydrogens (tertiary/aromatic N) is 2. The molecule has 1 N–H and O–H groups in total. The Balaban J connectivity index is 1.69. The van der Waals surface area contributed by atoms with Crippen LogP contribution in [-0.4, -0.2) is 34.8 Å². The molecule has 0 saturated carbocycles. The monoisotopic (exact) mass is 425 g/mol. The van der Waals surface area contributed by atoms with Crippen LogP contribution in [0.3, 0.4) is 0 Å². The predicted molar refractivity (Wildman–Crippen MR) is 119 cm³/mol.